The van der Waals surface area contributed by atoms with Gasteiger partial charge >= 0.3 is 0 Å². The van der Waals surface area contributed by atoms with Gasteiger partial charge in [-0.05, 0) is 18.6 Å². The number of hydrogen-bond donors (Lipinski definition) is 1. The molecule has 2 aliphatic heterocycles. The fourth-order valence-electron chi connectivity index (χ4n) is 2.54. The van der Waals surface area contributed by atoms with Gasteiger partial charge in [0.05, 0.1) is 24.1 Å². The second-order valence-electron chi connectivity index (χ2n) is 4.61. The number of hydrogen-bond acceptors (Lipinski definition) is 4. The molecule has 2 saturated heterocycles. The summed E-state index contributed by atoms with van der Waals surface area (Å²) in [6.07, 6.45) is 4.46. The molecule has 3 heterocycles. The molecule has 0 radical (unpaired) electrons. The van der Waals surface area contributed by atoms with Gasteiger partial charge in [0.2, 0.25) is 0 Å². The number of nitrogens with one attached hydrogen (secondary N) is 1. The zero-order valence-electron chi connectivity index (χ0n) is 9.52. The van der Waals surface area contributed by atoms with Gasteiger partial charge in [-0.2, -0.15) is 0 Å². The molecule has 86 valence electrons. The molecule has 0 amide bonds. The van der Waals surface area contributed by atoms with Gasteiger partial charge in [0.25, 0.3) is 0 Å². The summed E-state index contributed by atoms with van der Waals surface area (Å²) in [5, 5.41) is 3.41. The SMILES string of the molecule is Cc1ccncc1N1CC2CNCC(C1)O2. The van der Waals surface area contributed by atoms with Crippen LogP contribution in [0.1, 0.15) is 5.56 Å². The van der Waals surface area contributed by atoms with E-state index >= 15 is 0 Å². The highest BCUT2D eigenvalue weighted by molar-refractivity contribution is 5.51. The number of aromatic nitrogens is 1. The Morgan fingerprint density at radius 1 is 1.38 bits per heavy atom. The van der Waals surface area contributed by atoms with Gasteiger partial charge in [0.1, 0.15) is 0 Å². The van der Waals surface area contributed by atoms with Crippen molar-refractivity contribution in [3.05, 3.63) is 24.0 Å². The van der Waals surface area contributed by atoms with Crippen LogP contribution in [0.15, 0.2) is 18.5 Å². The third-order valence-corrected chi connectivity index (χ3v) is 3.33. The Hall–Kier alpha value is -1.13. The molecule has 4 heteroatoms. The maximum atomic E-state index is 5.89. The summed E-state index contributed by atoms with van der Waals surface area (Å²) in [6, 6.07) is 2.07. The first kappa shape index (κ1) is 10.1. The Balaban J connectivity index is 1.83. The van der Waals surface area contributed by atoms with Crippen molar-refractivity contribution in [1.29, 1.82) is 0 Å². The summed E-state index contributed by atoms with van der Waals surface area (Å²) in [7, 11) is 0. The average molecular weight is 219 g/mol. The van der Waals surface area contributed by atoms with Gasteiger partial charge in [0, 0.05) is 32.4 Å². The van der Waals surface area contributed by atoms with Crippen molar-refractivity contribution >= 4 is 5.69 Å². The third-order valence-electron chi connectivity index (χ3n) is 3.33. The number of fused-ring (bicyclic) bond motifs is 2. The van der Waals surface area contributed by atoms with Crippen LogP contribution in [0.3, 0.4) is 0 Å². The monoisotopic (exact) mass is 219 g/mol. The minimum absolute atomic E-state index is 0.326. The van der Waals surface area contributed by atoms with Crippen LogP contribution in [0.5, 0.6) is 0 Å². The predicted molar refractivity (Wildman–Crippen MR) is 62.7 cm³/mol. The summed E-state index contributed by atoms with van der Waals surface area (Å²) in [4.78, 5) is 6.62. The van der Waals surface area contributed by atoms with Crippen LogP contribution in [-0.4, -0.2) is 43.4 Å². The Kier molecular flexibility index (Phi) is 2.53. The van der Waals surface area contributed by atoms with E-state index in [2.05, 4.69) is 28.2 Å². The smallest absolute Gasteiger partial charge is 0.0879 e. The molecule has 16 heavy (non-hydrogen) atoms. The molecule has 4 nitrogen and oxygen atoms in total. The van der Waals surface area contributed by atoms with E-state index in [4.69, 9.17) is 4.74 Å². The molecule has 0 spiro atoms. The standard InChI is InChI=1S/C12H17N3O/c1-9-2-3-13-6-12(9)15-7-10-4-14-5-11(8-15)16-10/h2-3,6,10-11,14H,4-5,7-8H2,1H3. The van der Waals surface area contributed by atoms with Crippen LogP contribution in [0, 0.1) is 6.92 Å². The fourth-order valence-corrected chi connectivity index (χ4v) is 2.54. The first-order valence-electron chi connectivity index (χ1n) is 5.84. The Morgan fingerprint density at radius 3 is 2.81 bits per heavy atom. The lowest BCUT2D eigenvalue weighted by Gasteiger charge is -2.43. The van der Waals surface area contributed by atoms with Gasteiger partial charge in [0.15, 0.2) is 0 Å². The van der Waals surface area contributed by atoms with E-state index in [1.807, 2.05) is 12.4 Å². The summed E-state index contributed by atoms with van der Waals surface area (Å²) in [5.41, 5.74) is 2.55. The lowest BCUT2D eigenvalue weighted by atomic mass is 10.1. The second-order valence-corrected chi connectivity index (χ2v) is 4.61. The van der Waals surface area contributed by atoms with Gasteiger partial charge in [-0.25, -0.2) is 0 Å². The molecule has 2 atom stereocenters. The minimum Gasteiger partial charge on any atom is -0.369 e. The molecule has 2 aliphatic rings. The van der Waals surface area contributed by atoms with Crippen LogP contribution in [0.25, 0.3) is 0 Å². The van der Waals surface area contributed by atoms with Crippen LogP contribution in [0.4, 0.5) is 5.69 Å². The zero-order chi connectivity index (χ0) is 11.0. The van der Waals surface area contributed by atoms with E-state index in [1.54, 1.807) is 0 Å². The molecular formula is C12H17N3O. The molecule has 3 rings (SSSR count). The summed E-state index contributed by atoms with van der Waals surface area (Å²) in [6.45, 7) is 6.01. The average Bonchev–Trinajstić information content (AvgIpc) is 2.29. The number of anilines is 1. The van der Waals surface area contributed by atoms with Crippen LogP contribution in [-0.2, 0) is 4.74 Å². The molecule has 0 aromatic carbocycles. The number of morpholine rings is 2. The lowest BCUT2D eigenvalue weighted by molar-refractivity contribution is -0.0484. The number of rotatable bonds is 1. The number of pyridine rings is 1. The summed E-state index contributed by atoms with van der Waals surface area (Å²) < 4.78 is 5.89. The van der Waals surface area contributed by atoms with Crippen LogP contribution in [0.2, 0.25) is 0 Å². The molecule has 2 fully saturated rings. The van der Waals surface area contributed by atoms with Gasteiger partial charge in [-0.1, -0.05) is 0 Å². The van der Waals surface area contributed by atoms with Crippen molar-refractivity contribution in [2.45, 2.75) is 19.1 Å². The van der Waals surface area contributed by atoms with Crippen LogP contribution < -0.4 is 10.2 Å². The maximum absolute atomic E-state index is 5.89. The van der Waals surface area contributed by atoms with Crippen molar-refractivity contribution in [2.75, 3.05) is 31.1 Å². The topological polar surface area (TPSA) is 37.4 Å². The number of ether oxygens (including phenoxy) is 1. The first-order valence-corrected chi connectivity index (χ1v) is 5.84. The number of aryl methyl sites for hydroxylation is 1. The lowest BCUT2D eigenvalue weighted by Crippen LogP contribution is -2.58. The van der Waals surface area contributed by atoms with E-state index in [9.17, 15) is 0 Å². The highest BCUT2D eigenvalue weighted by Crippen LogP contribution is 2.23. The van der Waals surface area contributed by atoms with E-state index in [0.29, 0.717) is 12.2 Å². The van der Waals surface area contributed by atoms with Crippen molar-refractivity contribution in [1.82, 2.24) is 10.3 Å². The van der Waals surface area contributed by atoms with E-state index in [-0.39, 0.29) is 0 Å². The molecule has 0 aliphatic carbocycles. The molecule has 0 saturated carbocycles. The quantitative estimate of drug-likeness (QED) is 0.749. The van der Waals surface area contributed by atoms with Crippen molar-refractivity contribution in [3.8, 4) is 0 Å². The molecule has 1 aromatic rings. The highest BCUT2D eigenvalue weighted by atomic mass is 16.5. The summed E-state index contributed by atoms with van der Waals surface area (Å²) in [5.74, 6) is 0. The summed E-state index contributed by atoms with van der Waals surface area (Å²) >= 11 is 0. The largest absolute Gasteiger partial charge is 0.369 e. The second kappa shape index (κ2) is 4.03. The molecule has 1 aromatic heterocycles. The van der Waals surface area contributed by atoms with Crippen molar-refractivity contribution < 1.29 is 4.74 Å². The zero-order valence-corrected chi connectivity index (χ0v) is 9.52. The molecule has 2 unspecified atom stereocenters. The first-order chi connectivity index (χ1) is 7.83. The van der Waals surface area contributed by atoms with Crippen molar-refractivity contribution in [3.63, 3.8) is 0 Å². The predicted octanol–water partition coefficient (Wildman–Crippen LogP) is 0.567. The fraction of sp³-hybridized carbons (Fsp3) is 0.583. The van der Waals surface area contributed by atoms with Gasteiger partial charge < -0.3 is 15.0 Å². The van der Waals surface area contributed by atoms with E-state index < -0.39 is 0 Å². The van der Waals surface area contributed by atoms with E-state index in [0.717, 1.165) is 26.2 Å². The highest BCUT2D eigenvalue weighted by Gasteiger charge is 2.31. The van der Waals surface area contributed by atoms with Gasteiger partial charge in [-0.15, -0.1) is 0 Å². The normalized spacial score (nSPS) is 29.2. The molecular weight excluding hydrogens is 202 g/mol. The number of nitrogens with zero attached hydrogens (tertiary/aromatic N) is 2. The van der Waals surface area contributed by atoms with Crippen molar-refractivity contribution in [2.24, 2.45) is 0 Å². The Morgan fingerprint density at radius 2 is 2.12 bits per heavy atom. The Labute approximate surface area is 95.6 Å². The Bertz CT molecular complexity index is 370. The van der Waals surface area contributed by atoms with Gasteiger partial charge in [-0.3, -0.25) is 4.98 Å². The van der Waals surface area contributed by atoms with E-state index in [1.165, 1.54) is 11.3 Å². The molecule has 1 N–H and O–H groups in total. The third kappa shape index (κ3) is 1.79. The maximum Gasteiger partial charge on any atom is 0.0879 e. The minimum atomic E-state index is 0.326. The van der Waals surface area contributed by atoms with Crippen LogP contribution >= 0.6 is 0 Å². The molecule has 2 bridgehead atoms.